The van der Waals surface area contributed by atoms with Crippen molar-refractivity contribution in [3.05, 3.63) is 35.4 Å². The Kier molecular flexibility index (Phi) is 5.11. The van der Waals surface area contributed by atoms with Crippen molar-refractivity contribution in [3.63, 3.8) is 0 Å². The van der Waals surface area contributed by atoms with Gasteiger partial charge in [-0.2, -0.15) is 13.2 Å². The van der Waals surface area contributed by atoms with E-state index < -0.39 is 17.7 Å². The maximum Gasteiger partial charge on any atom is 0.416 e. The molecule has 0 aliphatic carbocycles. The maximum absolute atomic E-state index is 13.0. The molecule has 1 heterocycles. The molecule has 3 nitrogen and oxygen atoms in total. The molecule has 122 valence electrons. The first-order valence-corrected chi connectivity index (χ1v) is 7.48. The zero-order valence-corrected chi connectivity index (χ0v) is 12.6. The van der Waals surface area contributed by atoms with E-state index in [1.807, 2.05) is 0 Å². The highest BCUT2D eigenvalue weighted by Gasteiger charge is 2.34. The van der Waals surface area contributed by atoms with Crippen molar-refractivity contribution < 1.29 is 18.0 Å². The summed E-state index contributed by atoms with van der Waals surface area (Å²) in [5, 5.41) is 0. The number of alkyl halides is 3. The fourth-order valence-electron chi connectivity index (χ4n) is 2.92. The molecule has 6 heteroatoms. The van der Waals surface area contributed by atoms with E-state index in [2.05, 4.69) is 0 Å². The number of carbonyl (C=O) groups is 1. The molecular weight excluding hydrogens is 293 g/mol. The molecule has 0 bridgehead atoms. The van der Waals surface area contributed by atoms with Crippen molar-refractivity contribution in [2.75, 3.05) is 13.1 Å². The summed E-state index contributed by atoms with van der Waals surface area (Å²) >= 11 is 0. The number of likely N-dealkylation sites (tertiary alicyclic amines) is 1. The Morgan fingerprint density at radius 2 is 2.09 bits per heavy atom. The molecule has 1 aromatic rings. The van der Waals surface area contributed by atoms with Gasteiger partial charge in [-0.15, -0.1) is 0 Å². The Morgan fingerprint density at radius 3 is 2.73 bits per heavy atom. The molecule has 22 heavy (non-hydrogen) atoms. The van der Waals surface area contributed by atoms with Gasteiger partial charge in [-0.05, 0) is 30.4 Å². The number of rotatable bonds is 3. The van der Waals surface area contributed by atoms with Crippen LogP contribution in [0.4, 0.5) is 13.2 Å². The van der Waals surface area contributed by atoms with Gasteiger partial charge in [0.25, 0.3) is 0 Å². The second-order valence-corrected chi connectivity index (χ2v) is 5.93. The van der Waals surface area contributed by atoms with Gasteiger partial charge in [0.1, 0.15) is 0 Å². The predicted molar refractivity (Wildman–Crippen MR) is 78.3 cm³/mol. The molecule has 1 aliphatic rings. The van der Waals surface area contributed by atoms with Gasteiger partial charge < -0.3 is 10.6 Å². The number of hydrogen-bond donors (Lipinski definition) is 1. The van der Waals surface area contributed by atoms with Crippen LogP contribution >= 0.6 is 0 Å². The number of nitrogens with two attached hydrogens (primary N) is 1. The largest absolute Gasteiger partial charge is 0.416 e. The molecule has 1 fully saturated rings. The number of hydrogen-bond acceptors (Lipinski definition) is 2. The molecular formula is C16H21F3N2O. The van der Waals surface area contributed by atoms with Crippen LogP contribution < -0.4 is 5.73 Å². The molecule has 0 spiro atoms. The van der Waals surface area contributed by atoms with E-state index in [9.17, 15) is 18.0 Å². The first-order chi connectivity index (χ1) is 10.3. The summed E-state index contributed by atoms with van der Waals surface area (Å²) in [6, 6.07) is 5.42. The first kappa shape index (κ1) is 16.8. The predicted octanol–water partition coefficient (Wildman–Crippen LogP) is 3.15. The van der Waals surface area contributed by atoms with Crippen LogP contribution in [-0.2, 0) is 11.0 Å². The van der Waals surface area contributed by atoms with Crippen LogP contribution in [0.15, 0.2) is 24.3 Å². The van der Waals surface area contributed by atoms with Gasteiger partial charge in [0.05, 0.1) is 5.56 Å². The summed E-state index contributed by atoms with van der Waals surface area (Å²) in [5.74, 6) is -0.608. The minimum Gasteiger partial charge on any atom is -0.341 e. The quantitative estimate of drug-likeness (QED) is 0.931. The molecule has 1 aromatic carbocycles. The second kappa shape index (κ2) is 6.69. The number of carbonyl (C=O) groups excluding carboxylic acids is 1. The smallest absolute Gasteiger partial charge is 0.341 e. The molecule has 2 rings (SSSR count). The van der Waals surface area contributed by atoms with Gasteiger partial charge in [0.2, 0.25) is 5.91 Å². The molecule has 0 aromatic heterocycles. The average molecular weight is 314 g/mol. The van der Waals surface area contributed by atoms with Crippen LogP contribution in [0, 0.1) is 0 Å². The van der Waals surface area contributed by atoms with E-state index in [0.29, 0.717) is 13.1 Å². The lowest BCUT2D eigenvalue weighted by atomic mass is 9.92. The van der Waals surface area contributed by atoms with Crippen LogP contribution in [0.25, 0.3) is 0 Å². The maximum atomic E-state index is 13.0. The van der Waals surface area contributed by atoms with Crippen LogP contribution in [0.1, 0.15) is 43.2 Å². The highest BCUT2D eigenvalue weighted by Crippen LogP contribution is 2.36. The Bertz CT molecular complexity index is 530. The Hall–Kier alpha value is -1.56. The second-order valence-electron chi connectivity index (χ2n) is 5.93. The highest BCUT2D eigenvalue weighted by atomic mass is 19.4. The molecule has 2 N–H and O–H groups in total. The fraction of sp³-hybridized carbons (Fsp3) is 0.562. The minimum atomic E-state index is -4.40. The highest BCUT2D eigenvalue weighted by molar-refractivity contribution is 5.77. The third kappa shape index (κ3) is 4.00. The van der Waals surface area contributed by atoms with Gasteiger partial charge in [-0.25, -0.2) is 0 Å². The third-order valence-electron chi connectivity index (χ3n) is 4.09. The van der Waals surface area contributed by atoms with Gasteiger partial charge in [0, 0.05) is 25.6 Å². The van der Waals surface area contributed by atoms with Gasteiger partial charge in [-0.3, -0.25) is 4.79 Å². The average Bonchev–Trinajstić information content (AvgIpc) is 2.46. The molecule has 1 saturated heterocycles. The zero-order chi connectivity index (χ0) is 16.3. The van der Waals surface area contributed by atoms with Crippen molar-refractivity contribution in [1.82, 2.24) is 4.90 Å². The summed E-state index contributed by atoms with van der Waals surface area (Å²) in [4.78, 5) is 13.9. The Labute approximate surface area is 128 Å². The number of halogens is 3. The van der Waals surface area contributed by atoms with Crippen molar-refractivity contribution in [2.45, 2.75) is 44.3 Å². The number of nitrogens with zero attached hydrogens (tertiary/aromatic N) is 1. The van der Waals surface area contributed by atoms with E-state index in [1.165, 1.54) is 12.1 Å². The lowest BCUT2D eigenvalue weighted by Crippen LogP contribution is -2.45. The van der Waals surface area contributed by atoms with Crippen LogP contribution in [0.5, 0.6) is 0 Å². The van der Waals surface area contributed by atoms with Crippen LogP contribution in [0.2, 0.25) is 0 Å². The van der Waals surface area contributed by atoms with E-state index in [0.717, 1.165) is 18.9 Å². The normalized spacial score (nSPS) is 20.8. The summed E-state index contributed by atoms with van der Waals surface area (Å²) in [7, 11) is 0. The SMILES string of the molecule is CC(CC(=O)N1CCCC(N)C1)c1ccccc1C(F)(F)F. The third-order valence-corrected chi connectivity index (χ3v) is 4.09. The van der Waals surface area contributed by atoms with Crippen molar-refractivity contribution in [3.8, 4) is 0 Å². The van der Waals surface area contributed by atoms with E-state index >= 15 is 0 Å². The number of piperidine rings is 1. The summed E-state index contributed by atoms with van der Waals surface area (Å²) in [6.45, 7) is 2.79. The molecule has 1 aliphatic heterocycles. The van der Waals surface area contributed by atoms with Gasteiger partial charge in [-0.1, -0.05) is 25.1 Å². The first-order valence-electron chi connectivity index (χ1n) is 7.48. The summed E-state index contributed by atoms with van der Waals surface area (Å²) in [5.41, 5.74) is 5.35. The van der Waals surface area contributed by atoms with Crippen molar-refractivity contribution in [2.24, 2.45) is 5.73 Å². The van der Waals surface area contributed by atoms with E-state index in [1.54, 1.807) is 17.9 Å². The number of amides is 1. The minimum absolute atomic E-state index is 0.0320. The molecule has 0 saturated carbocycles. The molecule has 2 unspecified atom stereocenters. The lowest BCUT2D eigenvalue weighted by molar-refractivity contribution is -0.139. The zero-order valence-electron chi connectivity index (χ0n) is 12.6. The number of benzene rings is 1. The monoisotopic (exact) mass is 314 g/mol. The van der Waals surface area contributed by atoms with E-state index in [4.69, 9.17) is 5.73 Å². The van der Waals surface area contributed by atoms with Crippen LogP contribution in [-0.4, -0.2) is 29.9 Å². The van der Waals surface area contributed by atoms with E-state index in [-0.39, 0.29) is 23.9 Å². The molecule has 2 atom stereocenters. The standard InChI is InChI=1S/C16H21F3N2O/c1-11(9-15(22)21-8-4-5-12(20)10-21)13-6-2-3-7-14(13)16(17,18)19/h2-3,6-7,11-12H,4-5,8-10,20H2,1H3. The van der Waals surface area contributed by atoms with Gasteiger partial charge in [0.15, 0.2) is 0 Å². The van der Waals surface area contributed by atoms with Crippen LogP contribution in [0.3, 0.4) is 0 Å². The summed E-state index contributed by atoms with van der Waals surface area (Å²) in [6.07, 6.45) is -2.60. The van der Waals surface area contributed by atoms with Crippen molar-refractivity contribution >= 4 is 5.91 Å². The van der Waals surface area contributed by atoms with Crippen molar-refractivity contribution in [1.29, 1.82) is 0 Å². The summed E-state index contributed by atoms with van der Waals surface area (Å²) < 4.78 is 39.1. The fourth-order valence-corrected chi connectivity index (χ4v) is 2.92. The Balaban J connectivity index is 2.09. The topological polar surface area (TPSA) is 46.3 Å². The Morgan fingerprint density at radius 1 is 1.41 bits per heavy atom. The lowest BCUT2D eigenvalue weighted by Gasteiger charge is -2.31. The molecule has 1 amide bonds. The van der Waals surface area contributed by atoms with Gasteiger partial charge >= 0.3 is 6.18 Å². The molecule has 0 radical (unpaired) electrons.